The zero-order valence-corrected chi connectivity index (χ0v) is 14.4. The van der Waals surface area contributed by atoms with Crippen molar-refractivity contribution in [3.8, 4) is 5.75 Å². The van der Waals surface area contributed by atoms with E-state index in [9.17, 15) is 13.2 Å². The number of rotatable bonds is 7. The predicted octanol–water partition coefficient (Wildman–Crippen LogP) is 2.31. The fraction of sp³-hybridized carbons (Fsp3) is 0.235. The van der Waals surface area contributed by atoms with Crippen molar-refractivity contribution in [2.45, 2.75) is 18.7 Å². The molecular weight excluding hydrogens is 328 g/mol. The summed E-state index contributed by atoms with van der Waals surface area (Å²) in [5.74, 6) is 0.200. The van der Waals surface area contributed by atoms with Crippen molar-refractivity contribution < 1.29 is 17.9 Å². The highest BCUT2D eigenvalue weighted by atomic mass is 32.2. The van der Waals surface area contributed by atoms with E-state index in [4.69, 9.17) is 4.74 Å². The van der Waals surface area contributed by atoms with Gasteiger partial charge in [-0.1, -0.05) is 18.2 Å². The molecule has 6 nitrogen and oxygen atoms in total. The average Bonchev–Trinajstić information content (AvgIpc) is 2.56. The molecule has 2 aromatic rings. The minimum Gasteiger partial charge on any atom is -0.484 e. The number of para-hydroxylation sites is 1. The van der Waals surface area contributed by atoms with Crippen LogP contribution in [0, 0.1) is 6.92 Å². The number of anilines is 1. The van der Waals surface area contributed by atoms with Gasteiger partial charge in [-0.3, -0.25) is 9.52 Å². The Morgan fingerprint density at radius 3 is 2.38 bits per heavy atom. The fourth-order valence-electron chi connectivity index (χ4n) is 2.00. The van der Waals surface area contributed by atoms with Gasteiger partial charge < -0.3 is 10.1 Å². The highest BCUT2D eigenvalue weighted by molar-refractivity contribution is 7.92. The van der Waals surface area contributed by atoms with Crippen molar-refractivity contribution in [1.82, 2.24) is 5.32 Å². The molecule has 0 aliphatic carbocycles. The number of carbonyl (C=O) groups excluding carboxylic acids is 1. The van der Waals surface area contributed by atoms with Crippen LogP contribution in [0.15, 0.2) is 53.4 Å². The van der Waals surface area contributed by atoms with E-state index in [1.807, 2.05) is 26.0 Å². The van der Waals surface area contributed by atoms with Crippen LogP contribution in [0.25, 0.3) is 0 Å². The minimum atomic E-state index is -3.68. The average molecular weight is 348 g/mol. The highest BCUT2D eigenvalue weighted by Gasteiger charge is 2.15. The molecule has 0 unspecified atom stereocenters. The number of sulfonamides is 1. The Balaban J connectivity index is 2.06. The first-order valence-corrected chi connectivity index (χ1v) is 8.98. The molecule has 0 atom stereocenters. The lowest BCUT2D eigenvalue weighted by atomic mass is 10.2. The molecule has 128 valence electrons. The van der Waals surface area contributed by atoms with Crippen molar-refractivity contribution >= 4 is 21.6 Å². The summed E-state index contributed by atoms with van der Waals surface area (Å²) in [6.07, 6.45) is 0. The Kier molecular flexibility index (Phi) is 5.81. The third-order valence-corrected chi connectivity index (χ3v) is 4.65. The second-order valence-corrected chi connectivity index (χ2v) is 6.82. The summed E-state index contributed by atoms with van der Waals surface area (Å²) in [6, 6.07) is 13.1. The van der Waals surface area contributed by atoms with Crippen LogP contribution in [-0.2, 0) is 14.8 Å². The Bertz CT molecular complexity index is 802. The van der Waals surface area contributed by atoms with Crippen LogP contribution in [0.2, 0.25) is 0 Å². The summed E-state index contributed by atoms with van der Waals surface area (Å²) in [5, 5.41) is 2.61. The molecule has 2 aromatic carbocycles. The normalized spacial score (nSPS) is 10.9. The van der Waals surface area contributed by atoms with Crippen molar-refractivity contribution in [3.05, 3.63) is 54.1 Å². The van der Waals surface area contributed by atoms with Crippen molar-refractivity contribution in [1.29, 1.82) is 0 Å². The molecule has 0 saturated heterocycles. The van der Waals surface area contributed by atoms with Gasteiger partial charge in [-0.25, -0.2) is 8.42 Å². The Morgan fingerprint density at radius 1 is 1.08 bits per heavy atom. The molecule has 0 aliphatic heterocycles. The molecule has 0 spiro atoms. The maximum Gasteiger partial charge on any atom is 0.261 e. The third kappa shape index (κ3) is 4.73. The molecular formula is C17H20N2O4S. The first-order valence-electron chi connectivity index (χ1n) is 7.50. The van der Waals surface area contributed by atoms with Gasteiger partial charge >= 0.3 is 0 Å². The van der Waals surface area contributed by atoms with Gasteiger partial charge in [0.25, 0.3) is 15.9 Å². The number of hydrogen-bond donors (Lipinski definition) is 2. The van der Waals surface area contributed by atoms with Crippen LogP contribution >= 0.6 is 0 Å². The summed E-state index contributed by atoms with van der Waals surface area (Å²) >= 11 is 0. The number of aryl methyl sites for hydroxylation is 1. The Labute approximate surface area is 141 Å². The van der Waals surface area contributed by atoms with Crippen molar-refractivity contribution in [2.75, 3.05) is 17.9 Å². The fourth-order valence-corrected chi connectivity index (χ4v) is 3.13. The quantitative estimate of drug-likeness (QED) is 0.804. The molecule has 2 rings (SSSR count). The highest BCUT2D eigenvalue weighted by Crippen LogP contribution is 2.21. The lowest BCUT2D eigenvalue weighted by Gasteiger charge is -2.11. The molecule has 0 aromatic heterocycles. The molecule has 0 saturated carbocycles. The molecule has 0 aliphatic rings. The largest absolute Gasteiger partial charge is 0.484 e. The van der Waals surface area contributed by atoms with Gasteiger partial charge in [0.1, 0.15) is 5.75 Å². The zero-order valence-electron chi connectivity index (χ0n) is 13.6. The van der Waals surface area contributed by atoms with E-state index in [1.54, 1.807) is 12.1 Å². The Hall–Kier alpha value is -2.54. The number of carbonyl (C=O) groups is 1. The van der Waals surface area contributed by atoms with Crippen LogP contribution in [0.3, 0.4) is 0 Å². The maximum atomic E-state index is 12.4. The zero-order chi connectivity index (χ0) is 17.6. The molecule has 0 fully saturated rings. The van der Waals surface area contributed by atoms with Gasteiger partial charge in [-0.05, 0) is 49.7 Å². The molecule has 0 bridgehead atoms. The van der Waals surface area contributed by atoms with Gasteiger partial charge in [-0.15, -0.1) is 0 Å². The number of nitrogens with one attached hydrogen (secondary N) is 2. The minimum absolute atomic E-state index is 0.110. The number of benzene rings is 2. The lowest BCUT2D eigenvalue weighted by Crippen LogP contribution is -2.28. The molecule has 1 amide bonds. The van der Waals surface area contributed by atoms with Crippen molar-refractivity contribution in [2.24, 2.45) is 0 Å². The van der Waals surface area contributed by atoms with E-state index in [0.717, 1.165) is 5.56 Å². The summed E-state index contributed by atoms with van der Waals surface area (Å²) in [7, 11) is -3.68. The van der Waals surface area contributed by atoms with Crippen LogP contribution < -0.4 is 14.8 Å². The number of amides is 1. The van der Waals surface area contributed by atoms with Gasteiger partial charge in [0.2, 0.25) is 0 Å². The molecule has 24 heavy (non-hydrogen) atoms. The van der Waals surface area contributed by atoms with Gasteiger partial charge in [0, 0.05) is 6.54 Å². The number of hydrogen-bond acceptors (Lipinski definition) is 4. The van der Waals surface area contributed by atoms with E-state index >= 15 is 0 Å². The number of ether oxygens (including phenoxy) is 1. The van der Waals surface area contributed by atoms with E-state index in [-0.39, 0.29) is 17.4 Å². The van der Waals surface area contributed by atoms with E-state index in [2.05, 4.69) is 10.0 Å². The SMILES string of the molecule is CCNC(=O)COc1ccc(S(=O)(=O)Nc2ccccc2C)cc1. The summed E-state index contributed by atoms with van der Waals surface area (Å²) < 4.78 is 32.7. The smallest absolute Gasteiger partial charge is 0.261 e. The first-order chi connectivity index (χ1) is 11.4. The van der Waals surface area contributed by atoms with Gasteiger partial charge in [0.05, 0.1) is 10.6 Å². The Morgan fingerprint density at radius 2 is 1.75 bits per heavy atom. The monoisotopic (exact) mass is 348 g/mol. The lowest BCUT2D eigenvalue weighted by molar-refractivity contribution is -0.122. The third-order valence-electron chi connectivity index (χ3n) is 3.27. The standard InChI is InChI=1S/C17H20N2O4S/c1-3-18-17(20)12-23-14-8-10-15(11-9-14)24(21,22)19-16-7-5-4-6-13(16)2/h4-11,19H,3,12H2,1-2H3,(H,18,20). The van der Waals surface area contributed by atoms with Crippen molar-refractivity contribution in [3.63, 3.8) is 0 Å². The predicted molar refractivity (Wildman–Crippen MR) is 92.6 cm³/mol. The van der Waals surface area contributed by atoms with Crippen LogP contribution in [0.4, 0.5) is 5.69 Å². The maximum absolute atomic E-state index is 12.4. The van der Waals surface area contributed by atoms with Crippen LogP contribution in [-0.4, -0.2) is 27.5 Å². The van der Waals surface area contributed by atoms with Crippen LogP contribution in [0.5, 0.6) is 5.75 Å². The van der Waals surface area contributed by atoms with Gasteiger partial charge in [0.15, 0.2) is 6.61 Å². The summed E-state index contributed by atoms with van der Waals surface area (Å²) in [6.45, 7) is 4.07. The van der Waals surface area contributed by atoms with Crippen LogP contribution in [0.1, 0.15) is 12.5 Å². The topological polar surface area (TPSA) is 84.5 Å². The van der Waals surface area contributed by atoms with E-state index in [0.29, 0.717) is 18.0 Å². The molecule has 0 radical (unpaired) electrons. The molecule has 2 N–H and O–H groups in total. The first kappa shape index (κ1) is 17.8. The number of likely N-dealkylation sites (N-methyl/N-ethyl adjacent to an activating group) is 1. The van der Waals surface area contributed by atoms with E-state index < -0.39 is 10.0 Å². The molecule has 0 heterocycles. The second kappa shape index (κ2) is 7.83. The second-order valence-electron chi connectivity index (χ2n) is 5.13. The molecule has 7 heteroatoms. The van der Waals surface area contributed by atoms with Gasteiger partial charge in [-0.2, -0.15) is 0 Å². The summed E-state index contributed by atoms with van der Waals surface area (Å²) in [5.41, 5.74) is 1.37. The van der Waals surface area contributed by atoms with E-state index in [1.165, 1.54) is 24.3 Å². The summed E-state index contributed by atoms with van der Waals surface area (Å²) in [4.78, 5) is 11.5.